The third-order valence-corrected chi connectivity index (χ3v) is 13.8. The molecule has 338 valence electrons. The van der Waals surface area contributed by atoms with Gasteiger partial charge < -0.3 is 30.5 Å². The summed E-state index contributed by atoms with van der Waals surface area (Å²) in [5, 5.41) is 9.50. The van der Waals surface area contributed by atoms with Crippen LogP contribution in [0.5, 0.6) is 0 Å². The molecule has 7 rings (SSSR count). The number of carbonyl (C=O) groups is 5. The van der Waals surface area contributed by atoms with Crippen LogP contribution in [0, 0.1) is 11.8 Å². The number of amides is 5. The predicted octanol–water partition coefficient (Wildman–Crippen LogP) is 7.77. The van der Waals surface area contributed by atoms with Crippen LogP contribution in [-0.4, -0.2) is 96.9 Å². The van der Waals surface area contributed by atoms with Crippen molar-refractivity contribution >= 4 is 29.5 Å². The Hall–Kier alpha value is -5.03. The average molecular weight is 860 g/mol. The summed E-state index contributed by atoms with van der Waals surface area (Å²) in [6, 6.07) is 26.5. The van der Waals surface area contributed by atoms with Crippen molar-refractivity contribution < 1.29 is 28.7 Å². The van der Waals surface area contributed by atoms with Crippen molar-refractivity contribution in [1.29, 1.82) is 0 Å². The van der Waals surface area contributed by atoms with Gasteiger partial charge in [-0.3, -0.25) is 24.0 Å². The number of hydrogen-bond donors (Lipinski definition) is 3. The molecule has 2 aliphatic heterocycles. The Bertz CT molecular complexity index is 1900. The van der Waals surface area contributed by atoms with Crippen LogP contribution in [0.3, 0.4) is 0 Å². The average Bonchev–Trinajstić information content (AvgIpc) is 4.16. The van der Waals surface area contributed by atoms with Gasteiger partial charge in [0.25, 0.3) is 11.8 Å². The van der Waals surface area contributed by atoms with E-state index in [1.807, 2.05) is 36.4 Å². The van der Waals surface area contributed by atoms with Crippen LogP contribution in [0.25, 0.3) is 0 Å². The monoisotopic (exact) mass is 860 g/mol. The first-order valence-corrected chi connectivity index (χ1v) is 24.0. The predicted molar refractivity (Wildman–Crippen MR) is 245 cm³/mol. The Labute approximate surface area is 374 Å². The molecule has 3 aromatic rings. The normalized spacial score (nSPS) is 24.8. The Morgan fingerprint density at radius 2 is 0.952 bits per heavy atom. The van der Waals surface area contributed by atoms with Crippen molar-refractivity contribution in [3.8, 4) is 0 Å². The zero-order valence-electron chi connectivity index (χ0n) is 37.5. The summed E-state index contributed by atoms with van der Waals surface area (Å²) in [4.78, 5) is 71.7. The highest BCUT2D eigenvalue weighted by Gasteiger charge is 2.49. The molecule has 0 aromatic heterocycles. The van der Waals surface area contributed by atoms with Crippen molar-refractivity contribution in [1.82, 2.24) is 25.8 Å². The van der Waals surface area contributed by atoms with E-state index in [0.29, 0.717) is 30.6 Å². The minimum atomic E-state index is -0.692. The zero-order chi connectivity index (χ0) is 44.1. The molecule has 2 saturated carbocycles. The van der Waals surface area contributed by atoms with Crippen LogP contribution >= 0.6 is 0 Å². The molecule has 63 heavy (non-hydrogen) atoms. The van der Waals surface area contributed by atoms with Crippen LogP contribution in [0.2, 0.25) is 0 Å². The van der Waals surface area contributed by atoms with E-state index in [4.69, 9.17) is 4.74 Å². The highest BCUT2D eigenvalue weighted by atomic mass is 16.5. The van der Waals surface area contributed by atoms with Gasteiger partial charge in [0.15, 0.2) is 0 Å². The van der Waals surface area contributed by atoms with E-state index >= 15 is 0 Å². The smallest absolute Gasteiger partial charge is 0.254 e. The van der Waals surface area contributed by atoms with Gasteiger partial charge in [0.1, 0.15) is 0 Å². The molecule has 0 radical (unpaired) electrons. The van der Waals surface area contributed by atoms with Crippen LogP contribution in [0.1, 0.15) is 147 Å². The SMILES string of the molecule is CCCCCCCCCCCCCCC(=O)N[C@@H]1CN(C(=O)c2ccc(C(=O)N3C[C@@H](C(=O)N[C@H]4C[C@@H]4c4ccccc4)[C@H](C(=O)N[C@H]4C[C@@H]4c4ccccc4)C3)cc2)C[C@H]1OC. The quantitative estimate of drug-likeness (QED) is 0.0835. The maximum atomic E-state index is 14.0. The van der Waals surface area contributed by atoms with Gasteiger partial charge in [0.2, 0.25) is 17.7 Å². The van der Waals surface area contributed by atoms with Gasteiger partial charge in [-0.2, -0.15) is 0 Å². The molecule has 3 N–H and O–H groups in total. The lowest BCUT2D eigenvalue weighted by Gasteiger charge is -2.18. The first kappa shape index (κ1) is 46.0. The van der Waals surface area contributed by atoms with Crippen molar-refractivity contribution in [3.05, 3.63) is 107 Å². The van der Waals surface area contributed by atoms with E-state index in [9.17, 15) is 24.0 Å². The molecule has 0 unspecified atom stereocenters. The second-order valence-electron chi connectivity index (χ2n) is 18.5. The Morgan fingerprint density at radius 3 is 1.40 bits per heavy atom. The molecule has 3 aromatic carbocycles. The van der Waals surface area contributed by atoms with E-state index < -0.39 is 11.8 Å². The molecule has 11 heteroatoms. The van der Waals surface area contributed by atoms with E-state index in [2.05, 4.69) is 47.1 Å². The van der Waals surface area contributed by atoms with Gasteiger partial charge in [-0.25, -0.2) is 0 Å². The maximum Gasteiger partial charge on any atom is 0.254 e. The molecule has 4 fully saturated rings. The number of nitrogens with one attached hydrogen (secondary N) is 3. The van der Waals surface area contributed by atoms with Gasteiger partial charge in [0.05, 0.1) is 24.0 Å². The first-order chi connectivity index (χ1) is 30.7. The summed E-state index contributed by atoms with van der Waals surface area (Å²) < 4.78 is 5.70. The fourth-order valence-electron chi connectivity index (χ4n) is 9.77. The van der Waals surface area contributed by atoms with Gasteiger partial charge in [-0.05, 0) is 54.7 Å². The summed E-state index contributed by atoms with van der Waals surface area (Å²) in [5.41, 5.74) is 3.16. The summed E-state index contributed by atoms with van der Waals surface area (Å²) in [6.45, 7) is 3.18. The summed E-state index contributed by atoms with van der Waals surface area (Å²) in [7, 11) is 1.60. The van der Waals surface area contributed by atoms with E-state index in [0.717, 1.165) is 32.1 Å². The van der Waals surface area contributed by atoms with E-state index in [1.165, 1.54) is 68.9 Å². The van der Waals surface area contributed by atoms with Gasteiger partial charge >= 0.3 is 0 Å². The first-order valence-electron chi connectivity index (χ1n) is 24.0. The number of methoxy groups -OCH3 is 1. The Kier molecular flexibility index (Phi) is 16.5. The van der Waals surface area contributed by atoms with Crippen molar-refractivity contribution in [2.75, 3.05) is 33.3 Å². The number of unbranched alkanes of at least 4 members (excludes halogenated alkanes) is 11. The van der Waals surface area contributed by atoms with Crippen LogP contribution in [0.15, 0.2) is 84.9 Å². The topological polar surface area (TPSA) is 137 Å². The largest absolute Gasteiger partial charge is 0.377 e. The minimum absolute atomic E-state index is 0.00488. The molecule has 5 amide bonds. The number of likely N-dealkylation sites (tertiary alicyclic amines) is 2. The maximum absolute atomic E-state index is 14.0. The summed E-state index contributed by atoms with van der Waals surface area (Å²) in [5.74, 6) is -1.83. The molecule has 4 aliphatic rings. The zero-order valence-corrected chi connectivity index (χ0v) is 37.5. The molecular weight excluding hydrogens is 791 g/mol. The van der Waals surface area contributed by atoms with Crippen molar-refractivity contribution in [2.24, 2.45) is 11.8 Å². The van der Waals surface area contributed by atoms with Crippen molar-refractivity contribution in [2.45, 2.75) is 139 Å². The molecule has 2 saturated heterocycles. The molecule has 8 atom stereocenters. The second-order valence-corrected chi connectivity index (χ2v) is 18.5. The fraction of sp³-hybridized carbons (Fsp3) is 0.558. The Morgan fingerprint density at radius 1 is 0.524 bits per heavy atom. The van der Waals surface area contributed by atoms with Crippen molar-refractivity contribution in [3.63, 3.8) is 0 Å². The van der Waals surface area contributed by atoms with Crippen LogP contribution in [-0.2, 0) is 19.1 Å². The minimum Gasteiger partial charge on any atom is -0.377 e. The highest BCUT2D eigenvalue weighted by molar-refractivity contribution is 5.99. The van der Waals surface area contributed by atoms with Gasteiger partial charge in [0, 0.05) is 74.8 Å². The Balaban J connectivity index is 0.886. The number of ether oxygens (including phenoxy) is 1. The number of carbonyl (C=O) groups excluding carboxylic acids is 5. The lowest BCUT2D eigenvalue weighted by molar-refractivity contribution is -0.133. The lowest BCUT2D eigenvalue weighted by atomic mass is 9.94. The summed E-state index contributed by atoms with van der Waals surface area (Å²) >= 11 is 0. The standard InChI is InChI=1S/C52H69N5O6/c1-3-4-5-6-7-8-9-10-11-12-13-20-25-48(58)53-46-34-57(35-47(46)63-2)52(62)39-28-26-38(27-29-39)51(61)56-32-42(49(59)54-44-30-40(44)36-21-16-14-17-22-36)43(33-56)50(60)55-45-31-41(45)37-23-18-15-19-24-37/h14-19,21-24,26-29,40-47H,3-13,20,25,30-35H2,1-2H3,(H,53,58)(H,54,59)(H,55,60)/t40-,41-,42-,43-,44+,45+,46-,47-/m1/s1. The number of benzene rings is 3. The highest BCUT2D eigenvalue weighted by Crippen LogP contribution is 2.42. The fourth-order valence-corrected chi connectivity index (χ4v) is 9.77. The van der Waals surface area contributed by atoms with Crippen LogP contribution < -0.4 is 16.0 Å². The third-order valence-electron chi connectivity index (χ3n) is 13.8. The molecule has 11 nitrogen and oxygen atoms in total. The molecule has 0 spiro atoms. The number of nitrogens with zero attached hydrogens (tertiary/aromatic N) is 2. The van der Waals surface area contributed by atoms with Gasteiger partial charge in [-0.1, -0.05) is 138 Å². The number of rotatable bonds is 23. The molecule has 2 heterocycles. The van der Waals surface area contributed by atoms with E-state index in [1.54, 1.807) is 41.2 Å². The van der Waals surface area contributed by atoms with E-state index in [-0.39, 0.29) is 78.7 Å². The lowest BCUT2D eigenvalue weighted by Crippen LogP contribution is -2.43. The second kappa shape index (κ2) is 22.5. The molecular formula is C52H69N5O6. The number of hydrogen-bond acceptors (Lipinski definition) is 6. The third kappa shape index (κ3) is 12.6. The van der Waals surface area contributed by atoms with Gasteiger partial charge in [-0.15, -0.1) is 0 Å². The molecule has 2 aliphatic carbocycles. The molecule has 0 bridgehead atoms. The summed E-state index contributed by atoms with van der Waals surface area (Å²) in [6.07, 6.45) is 16.7. The van der Waals surface area contributed by atoms with Crippen LogP contribution in [0.4, 0.5) is 0 Å².